The molecule has 3 heteroatoms. The summed E-state index contributed by atoms with van der Waals surface area (Å²) in [6.07, 6.45) is 1.04. The number of aromatic nitrogens is 2. The Morgan fingerprint density at radius 3 is 2.72 bits per heavy atom. The van der Waals surface area contributed by atoms with Crippen LogP contribution in [0.25, 0.3) is 22.4 Å². The van der Waals surface area contributed by atoms with Gasteiger partial charge in [-0.15, -0.1) is 0 Å². The van der Waals surface area contributed by atoms with E-state index >= 15 is 0 Å². The Morgan fingerprint density at radius 2 is 2.06 bits per heavy atom. The van der Waals surface area contributed by atoms with Crippen LogP contribution in [0.4, 0.5) is 0 Å². The Morgan fingerprint density at radius 1 is 1.22 bits per heavy atom. The lowest BCUT2D eigenvalue weighted by Gasteiger charge is -1.94. The number of fused-ring (bicyclic) bond motifs is 1. The molecule has 0 aliphatic rings. The third-order valence-electron chi connectivity index (χ3n) is 3.25. The molecule has 0 radical (unpaired) electrons. The summed E-state index contributed by atoms with van der Waals surface area (Å²) in [5, 5.41) is 0. The van der Waals surface area contributed by atoms with E-state index in [1.807, 2.05) is 19.9 Å². The lowest BCUT2D eigenvalue weighted by molar-refractivity contribution is 0.505. The summed E-state index contributed by atoms with van der Waals surface area (Å²) in [5.74, 6) is 2.70. The molecule has 18 heavy (non-hydrogen) atoms. The summed E-state index contributed by atoms with van der Waals surface area (Å²) in [6.45, 7) is 6.07. The van der Waals surface area contributed by atoms with Gasteiger partial charge in [-0.05, 0) is 44.0 Å². The molecular formula is C15H16N2O. The van der Waals surface area contributed by atoms with Crippen LogP contribution in [0.5, 0.6) is 0 Å². The van der Waals surface area contributed by atoms with Crippen molar-refractivity contribution in [2.75, 3.05) is 0 Å². The molecule has 0 fully saturated rings. The molecule has 0 unspecified atom stereocenters. The minimum absolute atomic E-state index is 0.882. The zero-order chi connectivity index (χ0) is 12.7. The molecule has 2 heterocycles. The van der Waals surface area contributed by atoms with Crippen LogP contribution in [0.1, 0.15) is 24.0 Å². The van der Waals surface area contributed by atoms with Crippen LogP contribution in [0.15, 0.2) is 28.7 Å². The Hall–Kier alpha value is -2.03. The Balaban J connectivity index is 2.16. The molecule has 0 bridgehead atoms. The minimum atomic E-state index is 0.882. The number of benzene rings is 1. The number of nitrogens with one attached hydrogen (secondary N) is 1. The molecule has 92 valence electrons. The fraction of sp³-hybridized carbons (Fsp3) is 0.267. The van der Waals surface area contributed by atoms with Crippen LogP contribution in [0.3, 0.4) is 0 Å². The normalized spacial score (nSPS) is 11.3. The number of rotatable bonds is 2. The van der Waals surface area contributed by atoms with E-state index in [1.165, 1.54) is 5.56 Å². The van der Waals surface area contributed by atoms with E-state index in [2.05, 4.69) is 35.1 Å². The maximum absolute atomic E-state index is 5.55. The van der Waals surface area contributed by atoms with Crippen LogP contribution in [0.2, 0.25) is 0 Å². The van der Waals surface area contributed by atoms with Gasteiger partial charge in [0.05, 0.1) is 16.6 Å². The van der Waals surface area contributed by atoms with E-state index in [1.54, 1.807) is 0 Å². The molecule has 3 aromatic rings. The fourth-order valence-electron chi connectivity index (χ4n) is 2.27. The first-order valence-electron chi connectivity index (χ1n) is 6.23. The summed E-state index contributed by atoms with van der Waals surface area (Å²) in [5.41, 5.74) is 4.45. The first-order chi connectivity index (χ1) is 8.67. The van der Waals surface area contributed by atoms with Gasteiger partial charge < -0.3 is 9.40 Å². The van der Waals surface area contributed by atoms with E-state index in [-0.39, 0.29) is 0 Å². The largest absolute Gasteiger partial charge is 0.466 e. The number of aromatic amines is 1. The predicted molar refractivity (Wildman–Crippen MR) is 72.6 cm³/mol. The molecule has 0 spiro atoms. The summed E-state index contributed by atoms with van der Waals surface area (Å²) < 4.78 is 5.55. The minimum Gasteiger partial charge on any atom is -0.466 e. The lowest BCUT2D eigenvalue weighted by Crippen LogP contribution is -1.79. The first-order valence-corrected chi connectivity index (χ1v) is 6.23. The Bertz CT molecular complexity index is 706. The van der Waals surface area contributed by atoms with Crippen molar-refractivity contribution >= 4 is 11.0 Å². The highest BCUT2D eigenvalue weighted by Crippen LogP contribution is 2.26. The molecule has 0 saturated heterocycles. The highest BCUT2D eigenvalue weighted by Gasteiger charge is 2.11. The first kappa shape index (κ1) is 11.1. The third-order valence-corrected chi connectivity index (χ3v) is 3.25. The number of hydrogen-bond acceptors (Lipinski definition) is 2. The molecule has 0 saturated carbocycles. The van der Waals surface area contributed by atoms with Crippen LogP contribution < -0.4 is 0 Å². The van der Waals surface area contributed by atoms with Crippen LogP contribution >= 0.6 is 0 Å². The van der Waals surface area contributed by atoms with Crippen LogP contribution in [0, 0.1) is 13.8 Å². The van der Waals surface area contributed by atoms with Gasteiger partial charge in [-0.3, -0.25) is 0 Å². The summed E-state index contributed by atoms with van der Waals surface area (Å²) in [4.78, 5) is 7.99. The zero-order valence-corrected chi connectivity index (χ0v) is 10.9. The van der Waals surface area contributed by atoms with Crippen molar-refractivity contribution in [3.63, 3.8) is 0 Å². The molecule has 2 aromatic heterocycles. The van der Waals surface area contributed by atoms with Gasteiger partial charge in [0.15, 0.2) is 0 Å². The average molecular weight is 240 g/mol. The van der Waals surface area contributed by atoms with Gasteiger partial charge in [-0.2, -0.15) is 0 Å². The van der Waals surface area contributed by atoms with E-state index < -0.39 is 0 Å². The molecule has 0 aliphatic carbocycles. The second-order valence-electron chi connectivity index (χ2n) is 4.62. The maximum Gasteiger partial charge on any atom is 0.142 e. The van der Waals surface area contributed by atoms with Crippen molar-refractivity contribution in [3.8, 4) is 11.4 Å². The Kier molecular flexibility index (Phi) is 2.47. The Labute approximate surface area is 106 Å². The highest BCUT2D eigenvalue weighted by atomic mass is 16.3. The molecule has 0 atom stereocenters. The van der Waals surface area contributed by atoms with E-state index in [9.17, 15) is 0 Å². The van der Waals surface area contributed by atoms with Crippen molar-refractivity contribution in [1.82, 2.24) is 9.97 Å². The molecule has 1 aromatic carbocycles. The summed E-state index contributed by atoms with van der Waals surface area (Å²) in [7, 11) is 0. The van der Waals surface area contributed by atoms with Gasteiger partial charge in [0.25, 0.3) is 0 Å². The predicted octanol–water partition coefficient (Wildman–Crippen LogP) is 4.00. The zero-order valence-electron chi connectivity index (χ0n) is 10.9. The van der Waals surface area contributed by atoms with Gasteiger partial charge in [0.1, 0.15) is 17.3 Å². The molecular weight excluding hydrogens is 224 g/mol. The third kappa shape index (κ3) is 1.72. The number of H-pyrrole nitrogens is 1. The van der Waals surface area contributed by atoms with E-state index in [4.69, 9.17) is 4.42 Å². The SMILES string of the molecule is CCc1ccc2nc(-c3cc(C)oc3C)[nH]c2c1. The molecule has 1 N–H and O–H groups in total. The molecule has 0 amide bonds. The van der Waals surface area contributed by atoms with Gasteiger partial charge in [0, 0.05) is 0 Å². The van der Waals surface area contributed by atoms with Crippen LogP contribution in [-0.2, 0) is 6.42 Å². The quantitative estimate of drug-likeness (QED) is 0.735. The van der Waals surface area contributed by atoms with Gasteiger partial charge >= 0.3 is 0 Å². The topological polar surface area (TPSA) is 41.8 Å². The van der Waals surface area contributed by atoms with Crippen molar-refractivity contribution in [3.05, 3.63) is 41.3 Å². The average Bonchev–Trinajstić information content (AvgIpc) is 2.90. The molecule has 3 rings (SSSR count). The van der Waals surface area contributed by atoms with Crippen molar-refractivity contribution in [1.29, 1.82) is 0 Å². The van der Waals surface area contributed by atoms with Gasteiger partial charge in [-0.25, -0.2) is 4.98 Å². The second-order valence-corrected chi connectivity index (χ2v) is 4.62. The number of hydrogen-bond donors (Lipinski definition) is 1. The van der Waals surface area contributed by atoms with Crippen molar-refractivity contribution in [2.45, 2.75) is 27.2 Å². The summed E-state index contributed by atoms with van der Waals surface area (Å²) >= 11 is 0. The maximum atomic E-state index is 5.55. The standard InChI is InChI=1S/C15H16N2O/c1-4-11-5-6-13-14(8-11)17-15(16-13)12-7-9(2)18-10(12)3/h5-8H,4H2,1-3H3,(H,16,17). The van der Waals surface area contributed by atoms with Crippen molar-refractivity contribution < 1.29 is 4.42 Å². The highest BCUT2D eigenvalue weighted by molar-refractivity contribution is 5.80. The number of furan rings is 1. The molecule has 3 nitrogen and oxygen atoms in total. The van der Waals surface area contributed by atoms with Gasteiger partial charge in [-0.1, -0.05) is 13.0 Å². The fourth-order valence-corrected chi connectivity index (χ4v) is 2.27. The smallest absolute Gasteiger partial charge is 0.142 e. The molecule has 0 aliphatic heterocycles. The monoisotopic (exact) mass is 240 g/mol. The lowest BCUT2D eigenvalue weighted by atomic mass is 10.1. The van der Waals surface area contributed by atoms with E-state index in [0.717, 1.165) is 40.4 Å². The van der Waals surface area contributed by atoms with Crippen molar-refractivity contribution in [2.24, 2.45) is 0 Å². The number of imidazole rings is 1. The summed E-state index contributed by atoms with van der Waals surface area (Å²) in [6, 6.07) is 8.37. The van der Waals surface area contributed by atoms with Gasteiger partial charge in [0.2, 0.25) is 0 Å². The number of nitrogens with zero attached hydrogens (tertiary/aromatic N) is 1. The van der Waals surface area contributed by atoms with Crippen LogP contribution in [-0.4, -0.2) is 9.97 Å². The number of aryl methyl sites for hydroxylation is 3. The second kappa shape index (κ2) is 4.02. The van der Waals surface area contributed by atoms with E-state index in [0.29, 0.717) is 0 Å².